The van der Waals surface area contributed by atoms with E-state index in [1.807, 2.05) is 4.90 Å². The molecule has 3 rings (SSSR count). The summed E-state index contributed by atoms with van der Waals surface area (Å²) in [5.41, 5.74) is 0. The topological polar surface area (TPSA) is 60.9 Å². The van der Waals surface area contributed by atoms with Crippen molar-refractivity contribution in [2.24, 2.45) is 17.8 Å². The molecule has 0 aromatic carbocycles. The molecule has 5 nitrogen and oxygen atoms in total. The molecule has 1 saturated heterocycles. The Hall–Kier alpha value is -1.10. The number of nitrogens with zero attached hydrogens (tertiary/aromatic N) is 2. The number of likely N-dealkylation sites (tertiary alicyclic amines) is 1. The lowest BCUT2D eigenvalue weighted by Gasteiger charge is -2.34. The lowest BCUT2D eigenvalue weighted by Crippen LogP contribution is -2.47. The molecule has 3 fully saturated rings. The first-order valence-corrected chi connectivity index (χ1v) is 8.28. The molecule has 2 amide bonds. The first-order valence-electron chi connectivity index (χ1n) is 8.28. The second kappa shape index (κ2) is 5.95. The van der Waals surface area contributed by atoms with Crippen LogP contribution in [-0.4, -0.2) is 59.5 Å². The quantitative estimate of drug-likeness (QED) is 0.818. The monoisotopic (exact) mass is 294 g/mol. The van der Waals surface area contributed by atoms with Crippen molar-refractivity contribution in [2.75, 3.05) is 26.7 Å². The molecule has 3 aliphatic rings. The lowest BCUT2D eigenvalue weighted by atomic mass is 9.96. The van der Waals surface area contributed by atoms with Gasteiger partial charge in [-0.3, -0.25) is 9.59 Å². The van der Waals surface area contributed by atoms with E-state index in [2.05, 4.69) is 0 Å². The van der Waals surface area contributed by atoms with Gasteiger partial charge < -0.3 is 14.9 Å². The standard InChI is InChI=1S/C16H26N2O3/c1-17(10-14(19)11-4-5-11)15(20)13-3-2-8-18(9-13)16(21)12-6-7-12/h11-14,19H,2-10H2,1H3/t13-,14-/m1/s1. The molecule has 2 aliphatic carbocycles. The highest BCUT2D eigenvalue weighted by Gasteiger charge is 2.38. The molecule has 2 atom stereocenters. The van der Waals surface area contributed by atoms with Crippen molar-refractivity contribution in [3.63, 3.8) is 0 Å². The van der Waals surface area contributed by atoms with Gasteiger partial charge in [-0.05, 0) is 44.4 Å². The molecule has 1 heterocycles. The van der Waals surface area contributed by atoms with Crippen LogP contribution in [0.2, 0.25) is 0 Å². The van der Waals surface area contributed by atoms with Gasteiger partial charge in [-0.2, -0.15) is 0 Å². The van der Waals surface area contributed by atoms with Crippen molar-refractivity contribution < 1.29 is 14.7 Å². The maximum absolute atomic E-state index is 12.5. The average molecular weight is 294 g/mol. The Balaban J connectivity index is 1.51. The molecule has 0 aromatic heterocycles. The SMILES string of the molecule is CN(C[C@@H](O)C1CC1)C(=O)[C@@H]1CCCN(C(=O)C2CC2)C1. The van der Waals surface area contributed by atoms with E-state index in [0.29, 0.717) is 19.0 Å². The van der Waals surface area contributed by atoms with E-state index in [4.69, 9.17) is 0 Å². The molecule has 1 aliphatic heterocycles. The predicted octanol–water partition coefficient (Wildman–Crippen LogP) is 0.864. The Morgan fingerprint density at radius 1 is 1.19 bits per heavy atom. The molecule has 1 N–H and O–H groups in total. The molecule has 0 aromatic rings. The number of hydrogen-bond donors (Lipinski definition) is 1. The number of piperidine rings is 1. The minimum Gasteiger partial charge on any atom is -0.391 e. The minimum absolute atomic E-state index is 0.0853. The third-order valence-corrected chi connectivity index (χ3v) is 5.01. The fraction of sp³-hybridized carbons (Fsp3) is 0.875. The summed E-state index contributed by atoms with van der Waals surface area (Å²) < 4.78 is 0. The van der Waals surface area contributed by atoms with Crippen molar-refractivity contribution >= 4 is 11.8 Å². The van der Waals surface area contributed by atoms with Gasteiger partial charge in [0.2, 0.25) is 11.8 Å². The first kappa shape index (κ1) is 14.8. The third kappa shape index (κ3) is 3.57. The van der Waals surface area contributed by atoms with Crippen LogP contribution < -0.4 is 0 Å². The average Bonchev–Trinajstić information content (AvgIpc) is 3.37. The van der Waals surface area contributed by atoms with Crippen LogP contribution in [0.15, 0.2) is 0 Å². The molecular weight excluding hydrogens is 268 g/mol. The van der Waals surface area contributed by atoms with Gasteiger partial charge in [-0.1, -0.05) is 0 Å². The Morgan fingerprint density at radius 2 is 1.90 bits per heavy atom. The Kier molecular flexibility index (Phi) is 4.20. The second-order valence-electron chi connectivity index (χ2n) is 7.02. The number of rotatable bonds is 5. The molecule has 118 valence electrons. The summed E-state index contributed by atoms with van der Waals surface area (Å²) in [5, 5.41) is 9.97. The first-order chi connectivity index (χ1) is 10.1. The zero-order chi connectivity index (χ0) is 15.0. The number of carbonyl (C=O) groups excluding carboxylic acids is 2. The fourth-order valence-corrected chi connectivity index (χ4v) is 3.28. The summed E-state index contributed by atoms with van der Waals surface area (Å²) in [6.45, 7) is 1.79. The van der Waals surface area contributed by atoms with Gasteiger partial charge in [0.15, 0.2) is 0 Å². The van der Waals surface area contributed by atoms with E-state index in [0.717, 1.165) is 45.1 Å². The maximum atomic E-state index is 12.5. The van der Waals surface area contributed by atoms with E-state index in [1.165, 1.54) is 0 Å². The molecule has 0 spiro atoms. The zero-order valence-electron chi connectivity index (χ0n) is 12.8. The van der Waals surface area contributed by atoms with Gasteiger partial charge in [-0.25, -0.2) is 0 Å². The fourth-order valence-electron chi connectivity index (χ4n) is 3.28. The van der Waals surface area contributed by atoms with Crippen LogP contribution in [-0.2, 0) is 9.59 Å². The summed E-state index contributed by atoms with van der Waals surface area (Å²) in [5.74, 6) is 0.863. The summed E-state index contributed by atoms with van der Waals surface area (Å²) in [6, 6.07) is 0. The van der Waals surface area contributed by atoms with Gasteiger partial charge in [0.05, 0.1) is 12.0 Å². The van der Waals surface area contributed by atoms with E-state index < -0.39 is 0 Å². The van der Waals surface area contributed by atoms with Crippen LogP contribution in [0.25, 0.3) is 0 Å². The Bertz CT molecular complexity index is 418. The van der Waals surface area contributed by atoms with Gasteiger partial charge >= 0.3 is 0 Å². The van der Waals surface area contributed by atoms with Crippen molar-refractivity contribution in [2.45, 2.75) is 44.6 Å². The van der Waals surface area contributed by atoms with Crippen LogP contribution in [0.3, 0.4) is 0 Å². The van der Waals surface area contributed by atoms with E-state index in [9.17, 15) is 14.7 Å². The number of likely N-dealkylation sites (N-methyl/N-ethyl adjacent to an activating group) is 1. The van der Waals surface area contributed by atoms with E-state index >= 15 is 0 Å². The van der Waals surface area contributed by atoms with Gasteiger partial charge in [0, 0.05) is 32.6 Å². The summed E-state index contributed by atoms with van der Waals surface area (Å²) in [4.78, 5) is 28.2. The Labute approximate surface area is 126 Å². The number of aliphatic hydroxyl groups excluding tert-OH is 1. The smallest absolute Gasteiger partial charge is 0.227 e. The van der Waals surface area contributed by atoms with Gasteiger partial charge in [-0.15, -0.1) is 0 Å². The molecule has 0 unspecified atom stereocenters. The highest BCUT2D eigenvalue weighted by atomic mass is 16.3. The predicted molar refractivity (Wildman–Crippen MR) is 78.4 cm³/mol. The minimum atomic E-state index is -0.383. The second-order valence-corrected chi connectivity index (χ2v) is 7.02. The van der Waals surface area contributed by atoms with Crippen molar-refractivity contribution in [1.29, 1.82) is 0 Å². The van der Waals surface area contributed by atoms with E-state index in [-0.39, 0.29) is 29.8 Å². The van der Waals surface area contributed by atoms with Gasteiger partial charge in [0.25, 0.3) is 0 Å². The molecule has 2 saturated carbocycles. The lowest BCUT2D eigenvalue weighted by molar-refractivity contribution is -0.141. The third-order valence-electron chi connectivity index (χ3n) is 5.01. The van der Waals surface area contributed by atoms with Crippen molar-refractivity contribution in [3.05, 3.63) is 0 Å². The van der Waals surface area contributed by atoms with Crippen LogP contribution in [0, 0.1) is 17.8 Å². The molecular formula is C16H26N2O3. The number of carbonyl (C=O) groups is 2. The highest BCUT2D eigenvalue weighted by molar-refractivity contribution is 5.83. The molecule has 21 heavy (non-hydrogen) atoms. The number of hydrogen-bond acceptors (Lipinski definition) is 3. The van der Waals surface area contributed by atoms with Gasteiger partial charge in [0.1, 0.15) is 0 Å². The van der Waals surface area contributed by atoms with Crippen LogP contribution in [0.5, 0.6) is 0 Å². The van der Waals surface area contributed by atoms with Crippen molar-refractivity contribution in [3.8, 4) is 0 Å². The van der Waals surface area contributed by atoms with Crippen molar-refractivity contribution in [1.82, 2.24) is 9.80 Å². The largest absolute Gasteiger partial charge is 0.391 e. The summed E-state index contributed by atoms with van der Waals surface area (Å²) in [7, 11) is 1.77. The summed E-state index contributed by atoms with van der Waals surface area (Å²) >= 11 is 0. The van der Waals surface area contributed by atoms with Crippen LogP contribution >= 0.6 is 0 Å². The van der Waals surface area contributed by atoms with Crippen LogP contribution in [0.4, 0.5) is 0 Å². The zero-order valence-corrected chi connectivity index (χ0v) is 12.8. The molecule has 5 heteroatoms. The van der Waals surface area contributed by atoms with E-state index in [1.54, 1.807) is 11.9 Å². The molecule has 0 bridgehead atoms. The Morgan fingerprint density at radius 3 is 2.52 bits per heavy atom. The number of aliphatic hydroxyl groups is 1. The maximum Gasteiger partial charge on any atom is 0.227 e. The molecule has 0 radical (unpaired) electrons. The number of amides is 2. The highest BCUT2D eigenvalue weighted by Crippen LogP contribution is 2.34. The normalized spacial score (nSPS) is 27.3. The summed E-state index contributed by atoms with van der Waals surface area (Å²) in [6.07, 6.45) is 5.58. The van der Waals surface area contributed by atoms with Crippen LogP contribution in [0.1, 0.15) is 38.5 Å².